The van der Waals surface area contributed by atoms with Crippen LogP contribution >= 0.6 is 11.8 Å². The maximum atomic E-state index is 11.0. The van der Waals surface area contributed by atoms with Gasteiger partial charge in [0.25, 0.3) is 0 Å². The van der Waals surface area contributed by atoms with E-state index in [1.165, 1.54) is 18.4 Å². The number of aliphatic hydroxyl groups excluding tert-OH is 4. The van der Waals surface area contributed by atoms with Crippen LogP contribution in [0, 0.1) is 0 Å². The van der Waals surface area contributed by atoms with Crippen molar-refractivity contribution in [2.75, 3.05) is 18.6 Å². The molecule has 6 atom stereocenters. The normalized spacial score (nSPS) is 31.9. The first-order valence-corrected chi connectivity index (χ1v) is 11.2. The number of oxime groups is 1. The highest BCUT2D eigenvalue weighted by molar-refractivity contribution is 8.14. The number of allylic oxidation sites excluding steroid dienone is 1. The van der Waals surface area contributed by atoms with Gasteiger partial charge >= 0.3 is 10.4 Å². The SMILES string of the molecule is CS(=O)CCC=CC(=NOS(=O)(=O)O)S[C@@H]1OC(CO)[C@@H](O)[C@H](O)C1O. The zero-order chi connectivity index (χ0) is 19.9. The Morgan fingerprint density at radius 3 is 2.50 bits per heavy atom. The van der Waals surface area contributed by atoms with Crippen molar-refractivity contribution in [2.24, 2.45) is 5.16 Å². The summed E-state index contributed by atoms with van der Waals surface area (Å²) in [4.78, 5) is 0. The summed E-state index contributed by atoms with van der Waals surface area (Å²) in [6, 6.07) is 0. The molecule has 0 spiro atoms. The van der Waals surface area contributed by atoms with Crippen molar-refractivity contribution in [1.29, 1.82) is 0 Å². The van der Waals surface area contributed by atoms with Crippen molar-refractivity contribution >= 4 is 38.0 Å². The molecule has 0 amide bonds. The van der Waals surface area contributed by atoms with Crippen molar-refractivity contribution in [1.82, 2.24) is 0 Å². The summed E-state index contributed by atoms with van der Waals surface area (Å²) in [5.41, 5.74) is -1.22. The molecule has 0 aromatic carbocycles. The minimum atomic E-state index is -4.87. The molecule has 0 aromatic rings. The van der Waals surface area contributed by atoms with Gasteiger partial charge in [0.15, 0.2) is 0 Å². The third-order valence-corrected chi connectivity index (χ3v) is 5.29. The van der Waals surface area contributed by atoms with Crippen LogP contribution in [-0.4, -0.2) is 91.1 Å². The van der Waals surface area contributed by atoms with Gasteiger partial charge in [0.1, 0.15) is 34.9 Å². The molecule has 1 aliphatic heterocycles. The molecule has 3 unspecified atom stereocenters. The van der Waals surface area contributed by atoms with E-state index in [0.29, 0.717) is 23.9 Å². The van der Waals surface area contributed by atoms with Crippen LogP contribution < -0.4 is 0 Å². The van der Waals surface area contributed by atoms with E-state index in [0.717, 1.165) is 0 Å². The summed E-state index contributed by atoms with van der Waals surface area (Å²) in [5.74, 6) is 0.341. The number of rotatable bonds is 8. The maximum absolute atomic E-state index is 11.0. The maximum Gasteiger partial charge on any atom is 0.466 e. The van der Waals surface area contributed by atoms with Crippen molar-refractivity contribution in [3.05, 3.63) is 12.2 Å². The van der Waals surface area contributed by atoms with Crippen LogP contribution in [0.2, 0.25) is 0 Å². The van der Waals surface area contributed by atoms with Gasteiger partial charge in [-0.15, -0.1) is 0 Å². The molecule has 1 rings (SSSR count). The van der Waals surface area contributed by atoms with E-state index in [-0.39, 0.29) is 5.04 Å². The predicted molar refractivity (Wildman–Crippen MR) is 94.1 cm³/mol. The van der Waals surface area contributed by atoms with Gasteiger partial charge in [0.2, 0.25) is 0 Å². The summed E-state index contributed by atoms with van der Waals surface area (Å²) in [5, 5.41) is 41.7. The summed E-state index contributed by atoms with van der Waals surface area (Å²) in [7, 11) is -5.91. The number of hydrogen-bond donors (Lipinski definition) is 5. The molecule has 0 bridgehead atoms. The fraction of sp³-hybridized carbons (Fsp3) is 0.750. The monoisotopic (exact) mass is 435 g/mol. The lowest BCUT2D eigenvalue weighted by Gasteiger charge is -2.39. The molecule has 26 heavy (non-hydrogen) atoms. The topological polar surface area (TPSA) is 183 Å². The number of thioether (sulfide) groups is 1. The highest BCUT2D eigenvalue weighted by atomic mass is 32.3. The Balaban J connectivity index is 2.90. The highest BCUT2D eigenvalue weighted by Gasteiger charge is 2.44. The van der Waals surface area contributed by atoms with Crippen molar-refractivity contribution in [2.45, 2.75) is 36.3 Å². The van der Waals surface area contributed by atoms with Crippen LogP contribution in [0.4, 0.5) is 0 Å². The molecule has 1 aliphatic rings. The average molecular weight is 435 g/mol. The van der Waals surface area contributed by atoms with Gasteiger partial charge in [0, 0.05) is 22.8 Å². The zero-order valence-electron chi connectivity index (χ0n) is 13.6. The Morgan fingerprint density at radius 1 is 1.31 bits per heavy atom. The number of nitrogens with zero attached hydrogens (tertiary/aromatic N) is 1. The first-order chi connectivity index (χ1) is 12.0. The lowest BCUT2D eigenvalue weighted by Crippen LogP contribution is -2.57. The van der Waals surface area contributed by atoms with Gasteiger partial charge in [-0.2, -0.15) is 8.42 Å². The molecule has 0 radical (unpaired) electrons. The van der Waals surface area contributed by atoms with E-state index >= 15 is 0 Å². The Morgan fingerprint density at radius 2 is 1.96 bits per heavy atom. The predicted octanol–water partition coefficient (Wildman–Crippen LogP) is -2.02. The number of hydrogen-bond acceptors (Lipinski definition) is 11. The van der Waals surface area contributed by atoms with Crippen LogP contribution in [0.15, 0.2) is 17.3 Å². The summed E-state index contributed by atoms with van der Waals surface area (Å²) >= 11 is 0.631. The molecule has 0 saturated carbocycles. The van der Waals surface area contributed by atoms with Crippen molar-refractivity contribution in [3.8, 4) is 0 Å². The van der Waals surface area contributed by atoms with Gasteiger partial charge in [-0.3, -0.25) is 8.76 Å². The molecule has 0 aliphatic carbocycles. The van der Waals surface area contributed by atoms with Crippen LogP contribution in [-0.2, 0) is 30.2 Å². The second-order valence-electron chi connectivity index (χ2n) is 5.22. The second-order valence-corrected chi connectivity index (χ2v) is 8.89. The van der Waals surface area contributed by atoms with Gasteiger partial charge < -0.3 is 25.2 Å². The molecular weight excluding hydrogens is 414 g/mol. The Hall–Kier alpha value is -0.580. The van der Waals surface area contributed by atoms with Crippen LogP contribution in [0.25, 0.3) is 0 Å². The zero-order valence-corrected chi connectivity index (χ0v) is 16.1. The quantitative estimate of drug-likeness (QED) is 0.123. The molecule has 11 nitrogen and oxygen atoms in total. The Bertz CT molecular complexity index is 635. The molecule has 1 heterocycles. The molecule has 14 heteroatoms. The Kier molecular flexibility index (Phi) is 9.63. The van der Waals surface area contributed by atoms with Crippen LogP contribution in [0.3, 0.4) is 0 Å². The fourth-order valence-corrected chi connectivity index (χ4v) is 3.56. The highest BCUT2D eigenvalue weighted by Crippen LogP contribution is 2.29. The molecule has 0 aromatic heterocycles. The average Bonchev–Trinajstić information content (AvgIpc) is 2.55. The van der Waals surface area contributed by atoms with Crippen molar-refractivity contribution < 1.29 is 46.6 Å². The van der Waals surface area contributed by atoms with E-state index in [2.05, 4.69) is 9.44 Å². The van der Waals surface area contributed by atoms with Gasteiger partial charge in [-0.1, -0.05) is 23.0 Å². The van der Waals surface area contributed by atoms with Gasteiger partial charge in [-0.25, -0.2) is 4.28 Å². The van der Waals surface area contributed by atoms with E-state index in [4.69, 9.17) is 14.4 Å². The third-order valence-electron chi connectivity index (χ3n) is 3.14. The molecular formula is C12H21NO10S3. The first-order valence-electron chi connectivity index (χ1n) is 7.23. The lowest BCUT2D eigenvalue weighted by atomic mass is 10.0. The van der Waals surface area contributed by atoms with Gasteiger partial charge in [-0.05, 0) is 12.5 Å². The summed E-state index contributed by atoms with van der Waals surface area (Å²) < 4.78 is 50.2. The van der Waals surface area contributed by atoms with Crippen LogP contribution in [0.1, 0.15) is 6.42 Å². The minimum absolute atomic E-state index is 0.158. The first kappa shape index (κ1) is 23.5. The van der Waals surface area contributed by atoms with E-state index < -0.39 is 57.7 Å². The molecule has 1 fully saturated rings. The Labute approximate surface area is 157 Å². The standard InChI is InChI=1S/C12H21NO10S3/c1-25(18)5-3-2-4-8(13-23-26(19,20)21)24-12-11(17)10(16)9(15)7(6-14)22-12/h2,4,7,9-12,14-17H,3,5-6H2,1H3,(H,19,20,21)/t7?,9-,10+,11?,12+,25?/m1/s1. The van der Waals surface area contributed by atoms with Gasteiger partial charge in [0.05, 0.1) is 6.61 Å². The number of aliphatic hydroxyl groups is 4. The summed E-state index contributed by atoms with van der Waals surface area (Å²) in [6.07, 6.45) is -1.23. The minimum Gasteiger partial charge on any atom is -0.394 e. The third kappa shape index (κ3) is 7.98. The molecule has 5 N–H and O–H groups in total. The molecule has 1 saturated heterocycles. The smallest absolute Gasteiger partial charge is 0.394 e. The lowest BCUT2D eigenvalue weighted by molar-refractivity contribution is -0.205. The fourth-order valence-electron chi connectivity index (χ4n) is 1.88. The van der Waals surface area contributed by atoms with Crippen molar-refractivity contribution in [3.63, 3.8) is 0 Å². The van der Waals surface area contributed by atoms with E-state index in [1.54, 1.807) is 0 Å². The largest absolute Gasteiger partial charge is 0.466 e. The second kappa shape index (κ2) is 10.7. The van der Waals surface area contributed by atoms with E-state index in [9.17, 15) is 27.9 Å². The van der Waals surface area contributed by atoms with Crippen LogP contribution in [0.5, 0.6) is 0 Å². The molecule has 152 valence electrons. The summed E-state index contributed by atoms with van der Waals surface area (Å²) in [6.45, 7) is -0.631. The number of ether oxygens (including phenoxy) is 1. The van der Waals surface area contributed by atoms with E-state index in [1.807, 2.05) is 0 Å².